The van der Waals surface area contributed by atoms with E-state index in [2.05, 4.69) is 21.8 Å². The van der Waals surface area contributed by atoms with E-state index in [0.29, 0.717) is 0 Å². The van der Waals surface area contributed by atoms with Crippen LogP contribution in [0.4, 0.5) is 5.69 Å². The molecule has 0 radical (unpaired) electrons. The molecule has 0 aromatic heterocycles. The topological polar surface area (TPSA) is 6.48 Å². The van der Waals surface area contributed by atoms with E-state index in [1.165, 1.54) is 5.69 Å². The summed E-state index contributed by atoms with van der Waals surface area (Å²) in [6, 6.07) is 8.09. The van der Waals surface area contributed by atoms with Crippen LogP contribution in [0, 0.1) is 12.3 Å². The standard InChI is InChI=1S/C15H19ClN2/c1-2-3-4-8-17-9-11-18(12-10-17)15-7-5-6-14(16)13-15/h1,5-7,13H,3-4,8-12H2. The lowest BCUT2D eigenvalue weighted by Gasteiger charge is -2.36. The van der Waals surface area contributed by atoms with Gasteiger partial charge in [-0.2, -0.15) is 0 Å². The minimum absolute atomic E-state index is 0.809. The predicted molar refractivity (Wildman–Crippen MR) is 78.2 cm³/mol. The van der Waals surface area contributed by atoms with E-state index in [4.69, 9.17) is 18.0 Å². The number of nitrogens with zero attached hydrogens (tertiary/aromatic N) is 2. The van der Waals surface area contributed by atoms with Crippen molar-refractivity contribution in [3.8, 4) is 12.3 Å². The second kappa shape index (κ2) is 6.68. The predicted octanol–water partition coefficient (Wildman–Crippen LogP) is 2.88. The highest BCUT2D eigenvalue weighted by atomic mass is 35.5. The first kappa shape index (κ1) is 13.3. The highest BCUT2D eigenvalue weighted by Crippen LogP contribution is 2.20. The van der Waals surface area contributed by atoms with Crippen molar-refractivity contribution in [2.24, 2.45) is 0 Å². The third kappa shape index (κ3) is 3.66. The van der Waals surface area contributed by atoms with E-state index in [0.717, 1.165) is 50.6 Å². The second-order valence-electron chi connectivity index (χ2n) is 4.62. The first-order valence-corrected chi connectivity index (χ1v) is 6.84. The maximum Gasteiger partial charge on any atom is 0.0426 e. The lowest BCUT2D eigenvalue weighted by atomic mass is 10.2. The van der Waals surface area contributed by atoms with Gasteiger partial charge < -0.3 is 4.90 Å². The van der Waals surface area contributed by atoms with Crippen LogP contribution in [-0.4, -0.2) is 37.6 Å². The Hall–Kier alpha value is -1.17. The van der Waals surface area contributed by atoms with Gasteiger partial charge in [-0.05, 0) is 31.2 Å². The van der Waals surface area contributed by atoms with Gasteiger partial charge in [0, 0.05) is 43.3 Å². The van der Waals surface area contributed by atoms with Gasteiger partial charge in [-0.15, -0.1) is 12.3 Å². The molecule has 2 rings (SSSR count). The van der Waals surface area contributed by atoms with Crippen LogP contribution < -0.4 is 4.90 Å². The van der Waals surface area contributed by atoms with Crippen molar-refractivity contribution in [2.75, 3.05) is 37.6 Å². The van der Waals surface area contributed by atoms with Crippen molar-refractivity contribution < 1.29 is 0 Å². The van der Waals surface area contributed by atoms with Gasteiger partial charge >= 0.3 is 0 Å². The van der Waals surface area contributed by atoms with Gasteiger partial charge in [0.2, 0.25) is 0 Å². The van der Waals surface area contributed by atoms with Crippen molar-refractivity contribution in [2.45, 2.75) is 12.8 Å². The molecule has 1 heterocycles. The summed E-state index contributed by atoms with van der Waals surface area (Å²) in [4.78, 5) is 4.88. The maximum absolute atomic E-state index is 6.02. The summed E-state index contributed by atoms with van der Waals surface area (Å²) in [6.07, 6.45) is 7.26. The first-order valence-electron chi connectivity index (χ1n) is 6.46. The fourth-order valence-corrected chi connectivity index (χ4v) is 2.49. The summed E-state index contributed by atoms with van der Waals surface area (Å²) in [7, 11) is 0. The van der Waals surface area contributed by atoms with Gasteiger partial charge in [0.1, 0.15) is 0 Å². The van der Waals surface area contributed by atoms with Crippen LogP contribution in [0.2, 0.25) is 5.02 Å². The van der Waals surface area contributed by atoms with Crippen LogP contribution in [0.1, 0.15) is 12.8 Å². The van der Waals surface area contributed by atoms with E-state index >= 15 is 0 Å². The fraction of sp³-hybridized carbons (Fsp3) is 0.467. The molecule has 0 bridgehead atoms. The summed E-state index contributed by atoms with van der Waals surface area (Å²) in [6.45, 7) is 5.47. The van der Waals surface area contributed by atoms with Crippen molar-refractivity contribution in [1.82, 2.24) is 4.90 Å². The zero-order valence-corrected chi connectivity index (χ0v) is 11.4. The molecule has 0 atom stereocenters. The molecule has 1 saturated heterocycles. The van der Waals surface area contributed by atoms with Crippen molar-refractivity contribution in [3.63, 3.8) is 0 Å². The number of benzene rings is 1. The first-order chi connectivity index (χ1) is 8.79. The van der Waals surface area contributed by atoms with Crippen molar-refractivity contribution in [1.29, 1.82) is 0 Å². The van der Waals surface area contributed by atoms with Gasteiger partial charge in [-0.3, -0.25) is 4.90 Å². The van der Waals surface area contributed by atoms with Crippen molar-refractivity contribution >= 4 is 17.3 Å². The summed E-state index contributed by atoms with van der Waals surface area (Å²) in [5.74, 6) is 2.70. The third-order valence-corrected chi connectivity index (χ3v) is 3.58. The molecule has 1 aromatic carbocycles. The van der Waals surface area contributed by atoms with Gasteiger partial charge in [0.25, 0.3) is 0 Å². The molecule has 1 aliphatic heterocycles. The summed E-state index contributed by atoms with van der Waals surface area (Å²) in [5, 5.41) is 0.809. The largest absolute Gasteiger partial charge is 0.369 e. The van der Waals surface area contributed by atoms with E-state index in [1.807, 2.05) is 18.2 Å². The van der Waals surface area contributed by atoms with Gasteiger partial charge in [0.05, 0.1) is 0 Å². The minimum Gasteiger partial charge on any atom is -0.369 e. The molecule has 0 spiro atoms. The van der Waals surface area contributed by atoms with E-state index in [9.17, 15) is 0 Å². The zero-order chi connectivity index (χ0) is 12.8. The van der Waals surface area contributed by atoms with Crippen LogP contribution in [0.15, 0.2) is 24.3 Å². The molecule has 1 fully saturated rings. The Morgan fingerprint density at radius 2 is 2.00 bits per heavy atom. The van der Waals surface area contributed by atoms with Gasteiger partial charge in [-0.25, -0.2) is 0 Å². The Balaban J connectivity index is 1.81. The summed E-state index contributed by atoms with van der Waals surface area (Å²) >= 11 is 6.02. The molecule has 0 unspecified atom stereocenters. The SMILES string of the molecule is C#CCCCN1CCN(c2cccc(Cl)c2)CC1. The number of terminal acetylenes is 1. The van der Waals surface area contributed by atoms with Gasteiger partial charge in [-0.1, -0.05) is 17.7 Å². The quantitative estimate of drug-likeness (QED) is 0.608. The normalized spacial score (nSPS) is 16.6. The van der Waals surface area contributed by atoms with Crippen LogP contribution in [0.25, 0.3) is 0 Å². The number of anilines is 1. The molecule has 0 N–H and O–H groups in total. The average Bonchev–Trinajstić information content (AvgIpc) is 2.40. The number of unbranched alkanes of at least 4 members (excludes halogenated alkanes) is 1. The summed E-state index contributed by atoms with van der Waals surface area (Å²) < 4.78 is 0. The van der Waals surface area contributed by atoms with E-state index in [-0.39, 0.29) is 0 Å². The number of piperazine rings is 1. The molecule has 18 heavy (non-hydrogen) atoms. The molecule has 0 aliphatic carbocycles. The van der Waals surface area contributed by atoms with Crippen LogP contribution in [0.5, 0.6) is 0 Å². The molecule has 0 amide bonds. The maximum atomic E-state index is 6.02. The third-order valence-electron chi connectivity index (χ3n) is 3.34. The van der Waals surface area contributed by atoms with Crippen LogP contribution in [-0.2, 0) is 0 Å². The zero-order valence-electron chi connectivity index (χ0n) is 10.6. The molecule has 1 aliphatic rings. The molecule has 2 nitrogen and oxygen atoms in total. The van der Waals surface area contributed by atoms with Crippen molar-refractivity contribution in [3.05, 3.63) is 29.3 Å². The molecule has 3 heteroatoms. The highest BCUT2D eigenvalue weighted by molar-refractivity contribution is 6.30. The number of rotatable bonds is 4. The molecule has 96 valence electrons. The van der Waals surface area contributed by atoms with E-state index in [1.54, 1.807) is 0 Å². The summed E-state index contributed by atoms with van der Waals surface area (Å²) in [5.41, 5.74) is 1.23. The Kier molecular flexibility index (Phi) is 4.92. The monoisotopic (exact) mass is 262 g/mol. The lowest BCUT2D eigenvalue weighted by molar-refractivity contribution is 0.256. The Labute approximate surface area is 115 Å². The second-order valence-corrected chi connectivity index (χ2v) is 5.05. The average molecular weight is 263 g/mol. The number of hydrogen-bond donors (Lipinski definition) is 0. The molecular weight excluding hydrogens is 244 g/mol. The fourth-order valence-electron chi connectivity index (χ4n) is 2.31. The van der Waals surface area contributed by atoms with Crippen LogP contribution in [0.3, 0.4) is 0 Å². The molecule has 1 aromatic rings. The van der Waals surface area contributed by atoms with E-state index < -0.39 is 0 Å². The van der Waals surface area contributed by atoms with Gasteiger partial charge in [0.15, 0.2) is 0 Å². The Morgan fingerprint density at radius 3 is 2.67 bits per heavy atom. The smallest absolute Gasteiger partial charge is 0.0426 e. The molecular formula is C15H19ClN2. The number of hydrogen-bond acceptors (Lipinski definition) is 2. The lowest BCUT2D eigenvalue weighted by Crippen LogP contribution is -2.46. The Morgan fingerprint density at radius 1 is 1.22 bits per heavy atom. The minimum atomic E-state index is 0.809. The number of halogens is 1. The highest BCUT2D eigenvalue weighted by Gasteiger charge is 2.16. The van der Waals surface area contributed by atoms with Crippen LogP contribution >= 0.6 is 11.6 Å². The Bertz CT molecular complexity index is 417. The molecule has 0 saturated carbocycles.